The van der Waals surface area contributed by atoms with Gasteiger partial charge in [-0.3, -0.25) is 10.1 Å². The van der Waals surface area contributed by atoms with Crippen LogP contribution < -0.4 is 0 Å². The molecule has 2 aliphatic carbocycles. The highest BCUT2D eigenvalue weighted by molar-refractivity contribution is 6.33. The van der Waals surface area contributed by atoms with Crippen LogP contribution in [-0.4, -0.2) is 12.0 Å². The average Bonchev–Trinajstić information content (AvgIpc) is 2.41. The van der Waals surface area contributed by atoms with Crippen LogP contribution in [-0.2, 0) is 4.74 Å². The van der Waals surface area contributed by atoms with E-state index in [1.807, 2.05) is 0 Å². The lowest BCUT2D eigenvalue weighted by molar-refractivity contribution is -0.385. The lowest BCUT2D eigenvalue weighted by Crippen LogP contribution is -2.26. The van der Waals surface area contributed by atoms with E-state index in [9.17, 15) is 10.1 Å². The number of fused-ring (bicyclic) bond motifs is 1. The highest BCUT2D eigenvalue weighted by Crippen LogP contribution is 2.50. The van der Waals surface area contributed by atoms with E-state index in [0.29, 0.717) is 16.5 Å². The zero-order valence-electron chi connectivity index (χ0n) is 11.0. The van der Waals surface area contributed by atoms with Gasteiger partial charge in [-0.1, -0.05) is 23.7 Å². The van der Waals surface area contributed by atoms with Gasteiger partial charge in [-0.2, -0.15) is 0 Å². The number of nitrogens with zero attached hydrogens (tertiary/aromatic N) is 1. The third-order valence-electron chi connectivity index (χ3n) is 4.04. The summed E-state index contributed by atoms with van der Waals surface area (Å²) in [7, 11) is 1.66. The number of hydrogen-bond donors (Lipinski definition) is 0. The van der Waals surface area contributed by atoms with Crippen molar-refractivity contribution in [3.05, 3.63) is 56.8 Å². The van der Waals surface area contributed by atoms with E-state index in [4.69, 9.17) is 16.3 Å². The summed E-state index contributed by atoms with van der Waals surface area (Å²) >= 11 is 6.19. The molecule has 0 heterocycles. The van der Waals surface area contributed by atoms with Gasteiger partial charge < -0.3 is 4.74 Å². The average molecular weight is 292 g/mol. The van der Waals surface area contributed by atoms with Crippen LogP contribution in [0.2, 0.25) is 5.02 Å². The molecule has 1 aromatic carbocycles. The molecule has 5 heteroatoms. The molecule has 0 N–H and O–H groups in total. The second kappa shape index (κ2) is 4.94. The standard InChI is InChI=1S/C15H14ClNO3/c1-20-10-6-5-9-7-12(11(9)8-10)15-13(16)3-2-4-14(15)17(18)19/h2-4,7-9,11H,5-6H2,1H3. The van der Waals surface area contributed by atoms with Crippen LogP contribution in [0.3, 0.4) is 0 Å². The quantitative estimate of drug-likeness (QED) is 0.619. The summed E-state index contributed by atoms with van der Waals surface area (Å²) < 4.78 is 5.30. The fourth-order valence-corrected chi connectivity index (χ4v) is 3.28. The van der Waals surface area contributed by atoms with Crippen LogP contribution in [0, 0.1) is 22.0 Å². The largest absolute Gasteiger partial charge is 0.501 e. The Morgan fingerprint density at radius 2 is 2.20 bits per heavy atom. The maximum atomic E-state index is 11.2. The fourth-order valence-electron chi connectivity index (χ4n) is 3.00. The predicted octanol–water partition coefficient (Wildman–Crippen LogP) is 4.20. The minimum Gasteiger partial charge on any atom is -0.501 e. The van der Waals surface area contributed by atoms with Crippen molar-refractivity contribution in [3.63, 3.8) is 0 Å². The summed E-state index contributed by atoms with van der Waals surface area (Å²) in [5, 5.41) is 11.6. The Bertz CT molecular complexity index is 636. The minimum atomic E-state index is -0.376. The molecule has 0 saturated carbocycles. The Kier molecular flexibility index (Phi) is 3.26. The molecule has 3 rings (SSSR count). The molecule has 2 unspecified atom stereocenters. The number of methoxy groups -OCH3 is 1. The van der Waals surface area contributed by atoms with E-state index >= 15 is 0 Å². The summed E-state index contributed by atoms with van der Waals surface area (Å²) in [5.74, 6) is 1.57. The molecule has 1 aromatic rings. The number of hydrogen-bond acceptors (Lipinski definition) is 3. The summed E-state index contributed by atoms with van der Waals surface area (Å²) in [5.41, 5.74) is 1.57. The maximum Gasteiger partial charge on any atom is 0.278 e. The molecule has 2 aliphatic rings. The Hall–Kier alpha value is -1.81. The van der Waals surface area contributed by atoms with E-state index in [2.05, 4.69) is 12.2 Å². The lowest BCUT2D eigenvalue weighted by Gasteiger charge is -2.38. The molecule has 2 atom stereocenters. The number of ether oxygens (including phenoxy) is 1. The number of rotatable bonds is 3. The van der Waals surface area contributed by atoms with Crippen molar-refractivity contribution in [3.8, 4) is 0 Å². The first kappa shape index (κ1) is 13.2. The zero-order chi connectivity index (χ0) is 14.3. The zero-order valence-corrected chi connectivity index (χ0v) is 11.8. The van der Waals surface area contributed by atoms with E-state index in [0.717, 1.165) is 24.2 Å². The Balaban J connectivity index is 2.04. The Labute approximate surface area is 121 Å². The SMILES string of the molecule is COC1=CC2C(c3c(Cl)cccc3[N+](=O)[O-])=CC2CC1. The first-order chi connectivity index (χ1) is 9.61. The van der Waals surface area contributed by atoms with Gasteiger partial charge in [-0.25, -0.2) is 0 Å². The van der Waals surface area contributed by atoms with Gasteiger partial charge in [0.2, 0.25) is 0 Å². The number of allylic oxidation sites excluding steroid dienone is 4. The predicted molar refractivity (Wildman–Crippen MR) is 77.4 cm³/mol. The minimum absolute atomic E-state index is 0.0696. The number of nitro groups is 1. The molecular formula is C15H14ClNO3. The van der Waals surface area contributed by atoms with Crippen LogP contribution in [0.5, 0.6) is 0 Å². The number of nitro benzene ring substituents is 1. The smallest absolute Gasteiger partial charge is 0.278 e. The van der Waals surface area contributed by atoms with Crippen LogP contribution in [0.25, 0.3) is 5.57 Å². The monoisotopic (exact) mass is 291 g/mol. The molecule has 0 radical (unpaired) electrons. The summed E-state index contributed by atoms with van der Waals surface area (Å²) in [6.45, 7) is 0. The summed E-state index contributed by atoms with van der Waals surface area (Å²) in [6.07, 6.45) is 6.11. The van der Waals surface area contributed by atoms with Crippen molar-refractivity contribution >= 4 is 22.9 Å². The van der Waals surface area contributed by atoms with Gasteiger partial charge in [0.15, 0.2) is 0 Å². The van der Waals surface area contributed by atoms with Gasteiger partial charge in [-0.15, -0.1) is 0 Å². The molecule has 4 nitrogen and oxygen atoms in total. The summed E-state index contributed by atoms with van der Waals surface area (Å²) in [4.78, 5) is 10.8. The van der Waals surface area contributed by atoms with Gasteiger partial charge in [0.1, 0.15) is 0 Å². The van der Waals surface area contributed by atoms with Gasteiger partial charge in [0, 0.05) is 18.4 Å². The molecule has 0 bridgehead atoms. The highest BCUT2D eigenvalue weighted by atomic mass is 35.5. The third-order valence-corrected chi connectivity index (χ3v) is 4.36. The van der Waals surface area contributed by atoms with Crippen molar-refractivity contribution < 1.29 is 9.66 Å². The molecule has 0 aliphatic heterocycles. The van der Waals surface area contributed by atoms with Crippen molar-refractivity contribution in [2.24, 2.45) is 11.8 Å². The molecular weight excluding hydrogens is 278 g/mol. The van der Waals surface area contributed by atoms with Crippen LogP contribution >= 0.6 is 11.6 Å². The third kappa shape index (κ3) is 2.00. The number of halogens is 1. The lowest BCUT2D eigenvalue weighted by atomic mass is 9.67. The second-order valence-electron chi connectivity index (χ2n) is 5.08. The highest BCUT2D eigenvalue weighted by Gasteiger charge is 2.38. The maximum absolute atomic E-state index is 11.2. The first-order valence-electron chi connectivity index (χ1n) is 6.51. The van der Waals surface area contributed by atoms with Gasteiger partial charge in [-0.05, 0) is 30.1 Å². The Morgan fingerprint density at radius 1 is 1.40 bits per heavy atom. The van der Waals surface area contributed by atoms with E-state index in [-0.39, 0.29) is 16.5 Å². The van der Waals surface area contributed by atoms with Crippen LogP contribution in [0.4, 0.5) is 5.69 Å². The van der Waals surface area contributed by atoms with Crippen LogP contribution in [0.1, 0.15) is 18.4 Å². The van der Waals surface area contributed by atoms with Gasteiger partial charge >= 0.3 is 0 Å². The van der Waals surface area contributed by atoms with E-state index < -0.39 is 0 Å². The number of benzene rings is 1. The van der Waals surface area contributed by atoms with Crippen molar-refractivity contribution in [1.82, 2.24) is 0 Å². The molecule has 104 valence electrons. The molecule has 20 heavy (non-hydrogen) atoms. The molecule has 0 amide bonds. The van der Waals surface area contributed by atoms with E-state index in [1.165, 1.54) is 6.07 Å². The topological polar surface area (TPSA) is 52.4 Å². The Morgan fingerprint density at radius 3 is 2.90 bits per heavy atom. The van der Waals surface area contributed by atoms with Crippen LogP contribution in [0.15, 0.2) is 36.1 Å². The first-order valence-corrected chi connectivity index (χ1v) is 6.89. The van der Waals surface area contributed by atoms with Crippen molar-refractivity contribution in [2.45, 2.75) is 12.8 Å². The summed E-state index contributed by atoms with van der Waals surface area (Å²) in [6, 6.07) is 4.80. The molecule has 0 aromatic heterocycles. The molecule has 0 spiro atoms. The van der Waals surface area contributed by atoms with Crippen molar-refractivity contribution in [1.29, 1.82) is 0 Å². The fraction of sp³-hybridized carbons (Fsp3) is 0.333. The van der Waals surface area contributed by atoms with E-state index in [1.54, 1.807) is 19.2 Å². The second-order valence-corrected chi connectivity index (χ2v) is 5.49. The van der Waals surface area contributed by atoms with Gasteiger partial charge in [0.25, 0.3) is 5.69 Å². The van der Waals surface area contributed by atoms with Crippen molar-refractivity contribution in [2.75, 3.05) is 7.11 Å². The normalized spacial score (nSPS) is 24.1. The van der Waals surface area contributed by atoms with Gasteiger partial charge in [0.05, 0.1) is 28.4 Å². The molecule has 0 saturated heterocycles. The molecule has 0 fully saturated rings.